The molecule has 0 unspecified atom stereocenters. The molecule has 0 saturated carbocycles. The second-order valence-corrected chi connectivity index (χ2v) is 7.53. The predicted molar refractivity (Wildman–Crippen MR) is 103 cm³/mol. The van der Waals surface area contributed by atoms with Gasteiger partial charge in [0, 0.05) is 24.6 Å². The fraction of sp³-hybridized carbons (Fsp3) is 0.300. The molecule has 0 bridgehead atoms. The summed E-state index contributed by atoms with van der Waals surface area (Å²) in [6, 6.07) is 14.3. The number of halogens is 2. The number of aliphatic hydroxyl groups excluding tert-OH is 1. The second kappa shape index (κ2) is 8.17. The van der Waals surface area contributed by atoms with Crippen LogP contribution >= 0.6 is 11.6 Å². The van der Waals surface area contributed by atoms with Crippen molar-refractivity contribution >= 4 is 11.6 Å². The van der Waals surface area contributed by atoms with E-state index in [1.54, 1.807) is 16.9 Å². The molecule has 5 nitrogen and oxygen atoms in total. The van der Waals surface area contributed by atoms with Crippen molar-refractivity contribution in [3.63, 3.8) is 0 Å². The Balaban J connectivity index is 1.76. The highest BCUT2D eigenvalue weighted by molar-refractivity contribution is 6.30. The lowest BCUT2D eigenvalue weighted by Gasteiger charge is -2.33. The number of aliphatic hydroxyl groups is 1. The van der Waals surface area contributed by atoms with Crippen LogP contribution in [0.25, 0.3) is 5.69 Å². The zero-order valence-electron chi connectivity index (χ0n) is 15.2. The van der Waals surface area contributed by atoms with E-state index in [0.29, 0.717) is 12.2 Å². The van der Waals surface area contributed by atoms with E-state index in [9.17, 15) is 9.50 Å². The Hall–Kier alpha value is -2.28. The molecular formula is C20H22ClFN4O. The molecule has 1 atom stereocenters. The minimum absolute atomic E-state index is 0.0384. The molecule has 3 aromatic rings. The van der Waals surface area contributed by atoms with Crippen molar-refractivity contribution in [3.05, 3.63) is 76.8 Å². The Morgan fingerprint density at radius 3 is 2.63 bits per heavy atom. The van der Waals surface area contributed by atoms with Crippen molar-refractivity contribution in [2.45, 2.75) is 26.4 Å². The molecule has 27 heavy (non-hydrogen) atoms. The smallest absolute Gasteiger partial charge is 0.141 e. The lowest BCUT2D eigenvalue weighted by atomic mass is 9.81. The molecule has 3 rings (SSSR count). The second-order valence-electron chi connectivity index (χ2n) is 7.12. The van der Waals surface area contributed by atoms with E-state index in [1.807, 2.05) is 44.2 Å². The first-order chi connectivity index (χ1) is 12.9. The van der Waals surface area contributed by atoms with Crippen molar-refractivity contribution in [3.8, 4) is 5.69 Å². The summed E-state index contributed by atoms with van der Waals surface area (Å²) in [5.74, 6) is -0.473. The van der Waals surface area contributed by atoms with Crippen LogP contribution in [-0.2, 0) is 6.54 Å². The van der Waals surface area contributed by atoms with Gasteiger partial charge in [-0.25, -0.2) is 9.07 Å². The minimum atomic E-state index is -0.473. The third kappa shape index (κ3) is 4.53. The number of rotatable bonds is 7. The van der Waals surface area contributed by atoms with Crippen LogP contribution < -0.4 is 5.32 Å². The Bertz CT molecular complexity index is 898. The van der Waals surface area contributed by atoms with Crippen molar-refractivity contribution in [1.82, 2.24) is 20.3 Å². The van der Waals surface area contributed by atoms with Crippen molar-refractivity contribution in [2.75, 3.05) is 6.61 Å². The van der Waals surface area contributed by atoms with Crippen molar-refractivity contribution < 1.29 is 9.50 Å². The number of nitrogens with one attached hydrogen (secondary N) is 1. The summed E-state index contributed by atoms with van der Waals surface area (Å²) in [5, 5.41) is 21.6. The first-order valence-corrected chi connectivity index (χ1v) is 9.04. The molecule has 0 aliphatic heterocycles. The van der Waals surface area contributed by atoms with Crippen LogP contribution in [0.5, 0.6) is 0 Å². The summed E-state index contributed by atoms with van der Waals surface area (Å²) < 4.78 is 14.9. The molecule has 0 spiro atoms. The van der Waals surface area contributed by atoms with Gasteiger partial charge in [-0.1, -0.05) is 61.0 Å². The van der Waals surface area contributed by atoms with E-state index in [1.165, 1.54) is 12.1 Å². The molecule has 142 valence electrons. The number of hydrogen-bond donors (Lipinski definition) is 2. The van der Waals surface area contributed by atoms with Crippen LogP contribution in [-0.4, -0.2) is 26.7 Å². The molecule has 0 fully saturated rings. The van der Waals surface area contributed by atoms with Crippen LogP contribution in [0.4, 0.5) is 4.39 Å². The molecular weight excluding hydrogens is 367 g/mol. The maximum absolute atomic E-state index is 13.3. The first kappa shape index (κ1) is 19.5. The highest BCUT2D eigenvalue weighted by atomic mass is 35.5. The summed E-state index contributed by atoms with van der Waals surface area (Å²) in [6.45, 7) is 4.53. The third-order valence-corrected chi connectivity index (χ3v) is 4.81. The van der Waals surface area contributed by atoms with E-state index in [4.69, 9.17) is 11.6 Å². The summed E-state index contributed by atoms with van der Waals surface area (Å²) >= 11 is 5.83. The van der Waals surface area contributed by atoms with Gasteiger partial charge >= 0.3 is 0 Å². The molecule has 0 aliphatic rings. The molecule has 0 saturated heterocycles. The molecule has 1 aromatic heterocycles. The average molecular weight is 389 g/mol. The standard InChI is InChI=1S/C20H22ClFN4O/c1-20(2,13-27)19(14-6-4-3-5-7-14)23-11-15-12-26(25-24-15)16-8-9-18(22)17(21)10-16/h3-10,12,19,23,27H,11,13H2,1-2H3/t19-/m0/s1. The van der Waals surface area contributed by atoms with Crippen LogP contribution in [0.2, 0.25) is 5.02 Å². The SMILES string of the molecule is CC(C)(CO)[C@@H](NCc1cn(-c2ccc(F)c(Cl)c2)nn1)c1ccccc1. The van der Waals surface area contributed by atoms with Crippen molar-refractivity contribution in [2.24, 2.45) is 5.41 Å². The van der Waals surface area contributed by atoms with Crippen LogP contribution in [0.3, 0.4) is 0 Å². The van der Waals surface area contributed by atoms with Crippen LogP contribution in [0.15, 0.2) is 54.7 Å². The van der Waals surface area contributed by atoms with E-state index in [0.717, 1.165) is 11.3 Å². The van der Waals surface area contributed by atoms with Crippen LogP contribution in [0.1, 0.15) is 31.1 Å². The number of hydrogen-bond acceptors (Lipinski definition) is 4. The molecule has 0 radical (unpaired) electrons. The van der Waals surface area contributed by atoms with Crippen molar-refractivity contribution in [1.29, 1.82) is 0 Å². The van der Waals surface area contributed by atoms with Crippen LogP contribution in [0, 0.1) is 11.2 Å². The van der Waals surface area contributed by atoms with Gasteiger partial charge in [0.25, 0.3) is 0 Å². The average Bonchev–Trinajstić information content (AvgIpc) is 3.14. The topological polar surface area (TPSA) is 63.0 Å². The van der Waals surface area contributed by atoms with Gasteiger partial charge in [-0.05, 0) is 23.8 Å². The molecule has 2 N–H and O–H groups in total. The summed E-state index contributed by atoms with van der Waals surface area (Å²) in [4.78, 5) is 0. The number of nitrogens with zero attached hydrogens (tertiary/aromatic N) is 3. The monoisotopic (exact) mass is 388 g/mol. The Kier molecular flexibility index (Phi) is 5.89. The van der Waals surface area contributed by atoms with Gasteiger partial charge < -0.3 is 10.4 Å². The fourth-order valence-electron chi connectivity index (χ4n) is 2.92. The summed E-state index contributed by atoms with van der Waals surface area (Å²) in [6.07, 6.45) is 1.77. The normalized spacial score (nSPS) is 12.9. The maximum Gasteiger partial charge on any atom is 0.141 e. The number of aromatic nitrogens is 3. The highest BCUT2D eigenvalue weighted by Gasteiger charge is 2.30. The lowest BCUT2D eigenvalue weighted by molar-refractivity contribution is 0.114. The summed E-state index contributed by atoms with van der Waals surface area (Å²) in [5.41, 5.74) is 2.09. The Morgan fingerprint density at radius 2 is 1.96 bits per heavy atom. The Morgan fingerprint density at radius 1 is 1.22 bits per heavy atom. The van der Waals surface area contributed by atoms with E-state index in [2.05, 4.69) is 15.6 Å². The Labute approximate surface area is 162 Å². The zero-order valence-corrected chi connectivity index (χ0v) is 16.0. The minimum Gasteiger partial charge on any atom is -0.396 e. The van der Waals surface area contributed by atoms with Gasteiger partial charge in [-0.3, -0.25) is 0 Å². The summed E-state index contributed by atoms with van der Waals surface area (Å²) in [7, 11) is 0. The highest BCUT2D eigenvalue weighted by Crippen LogP contribution is 2.33. The fourth-order valence-corrected chi connectivity index (χ4v) is 3.10. The third-order valence-electron chi connectivity index (χ3n) is 4.52. The largest absolute Gasteiger partial charge is 0.396 e. The van der Waals surface area contributed by atoms with Gasteiger partial charge in [-0.15, -0.1) is 5.10 Å². The molecule has 2 aromatic carbocycles. The molecule has 0 amide bonds. The molecule has 7 heteroatoms. The van der Waals surface area contributed by atoms with E-state index in [-0.39, 0.29) is 23.1 Å². The van der Waals surface area contributed by atoms with Gasteiger partial charge in [-0.2, -0.15) is 0 Å². The van der Waals surface area contributed by atoms with Gasteiger partial charge in [0.1, 0.15) is 5.82 Å². The van der Waals surface area contributed by atoms with Gasteiger partial charge in [0.15, 0.2) is 0 Å². The van der Waals surface area contributed by atoms with E-state index < -0.39 is 5.82 Å². The molecule has 1 heterocycles. The van der Waals surface area contributed by atoms with Gasteiger partial charge in [0.05, 0.1) is 22.6 Å². The van der Waals surface area contributed by atoms with Gasteiger partial charge in [0.2, 0.25) is 0 Å². The quantitative estimate of drug-likeness (QED) is 0.644. The molecule has 0 aliphatic carbocycles. The zero-order chi connectivity index (χ0) is 19.4. The first-order valence-electron chi connectivity index (χ1n) is 8.66. The number of benzene rings is 2. The lowest BCUT2D eigenvalue weighted by Crippen LogP contribution is -2.36. The predicted octanol–water partition coefficient (Wildman–Crippen LogP) is 3.91. The maximum atomic E-state index is 13.3. The van der Waals surface area contributed by atoms with E-state index >= 15 is 0 Å².